The smallest absolute Gasteiger partial charge is 0.223 e. The summed E-state index contributed by atoms with van der Waals surface area (Å²) in [6, 6.07) is 2.36. The SMILES string of the molecule is O=C1CCC[C@H]2[C@@H]3C[C@@H](CN(Cc4ccn[nH]4)C3)[C@H](CO)N12. The van der Waals surface area contributed by atoms with Crippen LogP contribution < -0.4 is 0 Å². The molecule has 3 aliphatic rings. The number of fused-ring (bicyclic) bond motifs is 4. The molecule has 6 nitrogen and oxygen atoms in total. The zero-order chi connectivity index (χ0) is 15.1. The molecule has 4 heterocycles. The van der Waals surface area contributed by atoms with Gasteiger partial charge >= 0.3 is 0 Å². The van der Waals surface area contributed by atoms with Gasteiger partial charge < -0.3 is 10.0 Å². The maximum atomic E-state index is 12.4. The van der Waals surface area contributed by atoms with Gasteiger partial charge in [0.15, 0.2) is 0 Å². The molecule has 0 saturated carbocycles. The molecular weight excluding hydrogens is 280 g/mol. The average molecular weight is 304 g/mol. The van der Waals surface area contributed by atoms with Gasteiger partial charge in [0.05, 0.1) is 12.6 Å². The van der Waals surface area contributed by atoms with Gasteiger partial charge in [-0.25, -0.2) is 0 Å². The first-order valence-corrected chi connectivity index (χ1v) is 8.39. The van der Waals surface area contributed by atoms with Crippen molar-refractivity contribution in [3.63, 3.8) is 0 Å². The number of hydrogen-bond acceptors (Lipinski definition) is 4. The summed E-state index contributed by atoms with van der Waals surface area (Å²) >= 11 is 0. The summed E-state index contributed by atoms with van der Waals surface area (Å²) in [5, 5.41) is 16.9. The lowest BCUT2D eigenvalue weighted by molar-refractivity contribution is -0.155. The third-order valence-electron chi connectivity index (χ3n) is 5.71. The lowest BCUT2D eigenvalue weighted by atomic mass is 9.72. The molecule has 0 spiro atoms. The van der Waals surface area contributed by atoms with E-state index in [1.54, 1.807) is 6.20 Å². The first-order valence-electron chi connectivity index (χ1n) is 8.39. The number of amides is 1. The second-order valence-electron chi connectivity index (χ2n) is 7.04. The fourth-order valence-corrected chi connectivity index (χ4v) is 4.85. The van der Waals surface area contributed by atoms with E-state index >= 15 is 0 Å². The number of nitrogens with one attached hydrogen (secondary N) is 1. The van der Waals surface area contributed by atoms with E-state index in [1.165, 1.54) is 0 Å². The van der Waals surface area contributed by atoms with Gasteiger partial charge in [-0.2, -0.15) is 5.10 Å². The average Bonchev–Trinajstić information content (AvgIpc) is 3.01. The van der Waals surface area contributed by atoms with E-state index in [0.29, 0.717) is 24.3 Å². The molecule has 2 bridgehead atoms. The summed E-state index contributed by atoms with van der Waals surface area (Å²) in [5.41, 5.74) is 1.14. The molecule has 4 atom stereocenters. The summed E-state index contributed by atoms with van der Waals surface area (Å²) in [7, 11) is 0. The van der Waals surface area contributed by atoms with Gasteiger partial charge in [-0.1, -0.05) is 0 Å². The number of H-pyrrole nitrogens is 1. The lowest BCUT2D eigenvalue weighted by Crippen LogP contribution is -2.65. The topological polar surface area (TPSA) is 72.5 Å². The van der Waals surface area contributed by atoms with Crippen LogP contribution in [0, 0.1) is 11.8 Å². The largest absolute Gasteiger partial charge is 0.394 e. The van der Waals surface area contributed by atoms with E-state index in [4.69, 9.17) is 0 Å². The first-order chi connectivity index (χ1) is 10.8. The highest BCUT2D eigenvalue weighted by Crippen LogP contribution is 2.41. The molecular formula is C16H24N4O2. The van der Waals surface area contributed by atoms with Crippen molar-refractivity contribution < 1.29 is 9.90 Å². The van der Waals surface area contributed by atoms with Crippen molar-refractivity contribution in [2.75, 3.05) is 19.7 Å². The Bertz CT molecular complexity index is 518. The summed E-state index contributed by atoms with van der Waals surface area (Å²) in [6.45, 7) is 2.97. The number of aromatic nitrogens is 2. The van der Waals surface area contributed by atoms with E-state index in [9.17, 15) is 9.90 Å². The fourth-order valence-electron chi connectivity index (χ4n) is 4.85. The second kappa shape index (κ2) is 5.66. The minimum atomic E-state index is 0.0126. The zero-order valence-corrected chi connectivity index (χ0v) is 12.8. The normalized spacial score (nSPS) is 35.5. The van der Waals surface area contributed by atoms with Crippen molar-refractivity contribution in [3.8, 4) is 0 Å². The zero-order valence-electron chi connectivity index (χ0n) is 12.8. The van der Waals surface area contributed by atoms with E-state index in [0.717, 1.165) is 44.6 Å². The van der Waals surface area contributed by atoms with Gasteiger partial charge in [0.2, 0.25) is 5.91 Å². The summed E-state index contributed by atoms with van der Waals surface area (Å²) < 4.78 is 0. The molecule has 6 heteroatoms. The summed E-state index contributed by atoms with van der Waals surface area (Å²) in [5.74, 6) is 1.20. The van der Waals surface area contributed by atoms with Crippen LogP contribution in [0.5, 0.6) is 0 Å². The van der Waals surface area contributed by atoms with Crippen molar-refractivity contribution in [1.29, 1.82) is 0 Å². The number of aliphatic hydroxyl groups excluding tert-OH is 1. The highest BCUT2D eigenvalue weighted by molar-refractivity contribution is 5.78. The Morgan fingerprint density at radius 1 is 1.36 bits per heavy atom. The van der Waals surface area contributed by atoms with Crippen molar-refractivity contribution in [1.82, 2.24) is 20.0 Å². The molecule has 0 radical (unpaired) electrons. The maximum absolute atomic E-state index is 12.4. The molecule has 1 aromatic rings. The minimum absolute atomic E-state index is 0.0126. The third-order valence-corrected chi connectivity index (χ3v) is 5.71. The van der Waals surface area contributed by atoms with Crippen molar-refractivity contribution in [2.24, 2.45) is 11.8 Å². The Morgan fingerprint density at radius 2 is 2.23 bits per heavy atom. The lowest BCUT2D eigenvalue weighted by Gasteiger charge is -2.56. The van der Waals surface area contributed by atoms with Crippen LogP contribution in [0.25, 0.3) is 0 Å². The van der Waals surface area contributed by atoms with E-state index < -0.39 is 0 Å². The molecule has 2 N–H and O–H groups in total. The van der Waals surface area contributed by atoms with Crippen LogP contribution in [0.2, 0.25) is 0 Å². The van der Waals surface area contributed by atoms with Crippen LogP contribution in [0.15, 0.2) is 12.3 Å². The van der Waals surface area contributed by atoms with Gasteiger partial charge in [0, 0.05) is 44.0 Å². The van der Waals surface area contributed by atoms with Crippen LogP contribution in [0.1, 0.15) is 31.4 Å². The Hall–Kier alpha value is -1.40. The number of piperidine rings is 3. The molecule has 3 saturated heterocycles. The van der Waals surface area contributed by atoms with Crippen molar-refractivity contribution >= 4 is 5.91 Å². The van der Waals surface area contributed by atoms with Crippen molar-refractivity contribution in [2.45, 2.75) is 44.3 Å². The van der Waals surface area contributed by atoms with Crippen LogP contribution in [-0.2, 0) is 11.3 Å². The van der Waals surface area contributed by atoms with E-state index in [-0.39, 0.29) is 18.6 Å². The number of rotatable bonds is 3. The molecule has 0 unspecified atom stereocenters. The predicted molar refractivity (Wildman–Crippen MR) is 80.8 cm³/mol. The number of carbonyl (C=O) groups is 1. The van der Waals surface area contributed by atoms with Gasteiger partial charge in [0.1, 0.15) is 0 Å². The van der Waals surface area contributed by atoms with Crippen LogP contribution >= 0.6 is 0 Å². The number of aliphatic hydroxyl groups is 1. The molecule has 0 aromatic carbocycles. The fraction of sp³-hybridized carbons (Fsp3) is 0.750. The Balaban J connectivity index is 1.55. The highest BCUT2D eigenvalue weighted by atomic mass is 16.3. The van der Waals surface area contributed by atoms with E-state index in [1.807, 2.05) is 6.07 Å². The Kier molecular flexibility index (Phi) is 3.66. The molecule has 4 rings (SSSR count). The Labute approximate surface area is 130 Å². The van der Waals surface area contributed by atoms with Gasteiger partial charge in [-0.05, 0) is 37.2 Å². The van der Waals surface area contributed by atoms with Crippen LogP contribution in [-0.4, -0.2) is 62.8 Å². The first kappa shape index (κ1) is 14.2. The molecule has 22 heavy (non-hydrogen) atoms. The highest BCUT2D eigenvalue weighted by Gasteiger charge is 2.48. The van der Waals surface area contributed by atoms with E-state index in [2.05, 4.69) is 20.0 Å². The summed E-state index contributed by atoms with van der Waals surface area (Å²) in [6.07, 6.45) is 5.69. The monoisotopic (exact) mass is 304 g/mol. The van der Waals surface area contributed by atoms with Crippen LogP contribution in [0.3, 0.4) is 0 Å². The van der Waals surface area contributed by atoms with Crippen molar-refractivity contribution in [3.05, 3.63) is 18.0 Å². The number of carbonyl (C=O) groups excluding carboxylic acids is 1. The Morgan fingerprint density at radius 3 is 3.00 bits per heavy atom. The summed E-state index contributed by atoms with van der Waals surface area (Å²) in [4.78, 5) is 16.9. The number of hydrogen-bond donors (Lipinski definition) is 2. The quantitative estimate of drug-likeness (QED) is 0.858. The van der Waals surface area contributed by atoms with Crippen LogP contribution in [0.4, 0.5) is 0 Å². The third kappa shape index (κ3) is 2.34. The van der Waals surface area contributed by atoms with Gasteiger partial charge in [-0.15, -0.1) is 0 Å². The number of likely N-dealkylation sites (tertiary alicyclic amines) is 1. The number of aromatic amines is 1. The molecule has 1 aromatic heterocycles. The molecule has 1 amide bonds. The van der Waals surface area contributed by atoms with Gasteiger partial charge in [0.25, 0.3) is 0 Å². The molecule has 0 aliphatic carbocycles. The number of nitrogens with zero attached hydrogens (tertiary/aromatic N) is 3. The standard InChI is InChI=1S/C16H24N4O2/c21-10-15-12-6-11(14-2-1-3-16(22)20(14)15)7-19(8-12)9-13-4-5-17-18-13/h4-5,11-12,14-15,21H,1-3,6-10H2,(H,17,18)/t11-,12+,14+,15+/m1/s1. The molecule has 3 fully saturated rings. The molecule has 120 valence electrons. The second-order valence-corrected chi connectivity index (χ2v) is 7.04. The maximum Gasteiger partial charge on any atom is 0.223 e. The molecule has 3 aliphatic heterocycles. The van der Waals surface area contributed by atoms with Gasteiger partial charge in [-0.3, -0.25) is 14.8 Å². The predicted octanol–water partition coefficient (Wildman–Crippen LogP) is 0.603. The minimum Gasteiger partial charge on any atom is -0.394 e.